The zero-order valence-electron chi connectivity index (χ0n) is 16.0. The van der Waals surface area contributed by atoms with E-state index in [0.29, 0.717) is 20.8 Å². The van der Waals surface area contributed by atoms with Crippen LogP contribution in [0.3, 0.4) is 0 Å². The molecule has 3 aromatic rings. The number of hydrogen-bond acceptors (Lipinski definition) is 3. The third-order valence-electron chi connectivity index (χ3n) is 5.24. The summed E-state index contributed by atoms with van der Waals surface area (Å²) in [5, 5.41) is 14.2. The second kappa shape index (κ2) is 8.54. The average molecular weight is 444 g/mol. The number of ether oxygens (including phenoxy) is 1. The van der Waals surface area contributed by atoms with Crippen LogP contribution < -0.4 is 10.1 Å². The summed E-state index contributed by atoms with van der Waals surface area (Å²) < 4.78 is 5.72. The van der Waals surface area contributed by atoms with Gasteiger partial charge in [0.2, 0.25) is 0 Å². The van der Waals surface area contributed by atoms with E-state index in [1.165, 1.54) is 17.7 Å². The average Bonchev–Trinajstić information content (AvgIpc) is 2.71. The van der Waals surface area contributed by atoms with Gasteiger partial charge in [0.15, 0.2) is 6.61 Å². The molecule has 0 bridgehead atoms. The van der Waals surface area contributed by atoms with Gasteiger partial charge in [0.1, 0.15) is 5.75 Å². The van der Waals surface area contributed by atoms with E-state index in [4.69, 9.17) is 27.9 Å². The van der Waals surface area contributed by atoms with Crippen molar-refractivity contribution >= 4 is 45.9 Å². The van der Waals surface area contributed by atoms with Crippen LogP contribution in [0.4, 0.5) is 0 Å². The van der Waals surface area contributed by atoms with Crippen LogP contribution in [0.1, 0.15) is 40.4 Å². The summed E-state index contributed by atoms with van der Waals surface area (Å²) in [5.74, 6) is -1.16. The second-order valence-corrected chi connectivity index (χ2v) is 8.11. The van der Waals surface area contributed by atoms with Crippen molar-refractivity contribution in [3.63, 3.8) is 0 Å². The molecule has 1 unspecified atom stereocenters. The van der Waals surface area contributed by atoms with E-state index >= 15 is 0 Å². The number of carboxylic acids is 1. The smallest absolute Gasteiger partial charge is 0.335 e. The molecule has 4 rings (SSSR count). The number of hydrogen-bond donors (Lipinski definition) is 2. The van der Waals surface area contributed by atoms with Gasteiger partial charge < -0.3 is 15.2 Å². The van der Waals surface area contributed by atoms with Gasteiger partial charge in [-0.1, -0.05) is 47.5 Å². The third-order valence-corrected chi connectivity index (χ3v) is 5.76. The summed E-state index contributed by atoms with van der Waals surface area (Å²) in [7, 11) is 0. The van der Waals surface area contributed by atoms with Crippen LogP contribution in [-0.2, 0) is 11.2 Å². The molecule has 2 N–H and O–H groups in total. The molecule has 0 saturated carbocycles. The number of benzene rings is 3. The first kappa shape index (κ1) is 20.5. The van der Waals surface area contributed by atoms with Crippen molar-refractivity contribution in [2.24, 2.45) is 0 Å². The Kier molecular flexibility index (Phi) is 5.84. The molecule has 30 heavy (non-hydrogen) atoms. The Balaban J connectivity index is 1.55. The van der Waals surface area contributed by atoms with Gasteiger partial charge in [-0.2, -0.15) is 0 Å². The lowest BCUT2D eigenvalue weighted by Crippen LogP contribution is -2.34. The predicted molar refractivity (Wildman–Crippen MR) is 117 cm³/mol. The Morgan fingerprint density at radius 3 is 2.73 bits per heavy atom. The lowest BCUT2D eigenvalue weighted by Gasteiger charge is -2.26. The Bertz CT molecular complexity index is 1150. The first-order valence-corrected chi connectivity index (χ1v) is 10.3. The zero-order valence-corrected chi connectivity index (χ0v) is 17.5. The summed E-state index contributed by atoms with van der Waals surface area (Å²) in [4.78, 5) is 24.1. The first-order valence-electron chi connectivity index (χ1n) is 9.58. The fraction of sp³-hybridized carbons (Fsp3) is 0.217. The third kappa shape index (κ3) is 4.23. The summed E-state index contributed by atoms with van der Waals surface area (Å²) >= 11 is 12.4. The molecule has 1 aliphatic rings. The largest absolute Gasteiger partial charge is 0.483 e. The summed E-state index contributed by atoms with van der Waals surface area (Å²) in [6.07, 6.45) is 2.88. The molecule has 1 amide bonds. The second-order valence-electron chi connectivity index (χ2n) is 7.27. The maximum Gasteiger partial charge on any atom is 0.335 e. The van der Waals surface area contributed by atoms with Gasteiger partial charge in [0.25, 0.3) is 5.91 Å². The number of fused-ring (bicyclic) bond motifs is 2. The van der Waals surface area contributed by atoms with Gasteiger partial charge >= 0.3 is 5.97 Å². The van der Waals surface area contributed by atoms with Crippen LogP contribution in [0.5, 0.6) is 5.75 Å². The number of carbonyl (C=O) groups excluding carboxylic acids is 1. The minimum absolute atomic E-state index is 0.0254. The monoisotopic (exact) mass is 443 g/mol. The number of amides is 1. The van der Waals surface area contributed by atoms with Crippen molar-refractivity contribution in [3.05, 3.63) is 75.3 Å². The quantitative estimate of drug-likeness (QED) is 0.551. The molecule has 5 nitrogen and oxygen atoms in total. The molecular weight excluding hydrogens is 425 g/mol. The Morgan fingerprint density at radius 1 is 1.13 bits per heavy atom. The minimum Gasteiger partial charge on any atom is -0.483 e. The topological polar surface area (TPSA) is 75.6 Å². The van der Waals surface area contributed by atoms with Gasteiger partial charge in [-0.15, -0.1) is 0 Å². The lowest BCUT2D eigenvalue weighted by molar-refractivity contribution is -0.123. The molecule has 0 fully saturated rings. The van der Waals surface area contributed by atoms with Crippen LogP contribution in [0, 0.1) is 0 Å². The van der Waals surface area contributed by atoms with E-state index in [-0.39, 0.29) is 29.9 Å². The molecule has 0 radical (unpaired) electrons. The SMILES string of the molecule is O=C(COc1cc(C(=O)O)cc2cc(Cl)cc(Cl)c12)NC1CCCc2ccccc21. The van der Waals surface area contributed by atoms with Crippen molar-refractivity contribution in [1.82, 2.24) is 5.32 Å². The summed E-state index contributed by atoms with van der Waals surface area (Å²) in [6, 6.07) is 14.0. The van der Waals surface area contributed by atoms with E-state index in [9.17, 15) is 14.7 Å². The van der Waals surface area contributed by atoms with E-state index in [2.05, 4.69) is 11.4 Å². The molecule has 0 saturated heterocycles. The van der Waals surface area contributed by atoms with Crippen LogP contribution in [-0.4, -0.2) is 23.6 Å². The highest BCUT2D eigenvalue weighted by Gasteiger charge is 2.22. The number of carboxylic acid groups (broad SMARTS) is 1. The van der Waals surface area contributed by atoms with Gasteiger partial charge in [0.05, 0.1) is 16.6 Å². The highest BCUT2D eigenvalue weighted by molar-refractivity contribution is 6.39. The normalized spacial score (nSPS) is 15.5. The van der Waals surface area contributed by atoms with Gasteiger partial charge in [-0.3, -0.25) is 4.79 Å². The van der Waals surface area contributed by atoms with E-state index in [1.807, 2.05) is 18.2 Å². The summed E-state index contributed by atoms with van der Waals surface area (Å²) in [5.41, 5.74) is 2.41. The minimum atomic E-state index is -1.11. The highest BCUT2D eigenvalue weighted by Crippen LogP contribution is 2.36. The molecule has 0 spiro atoms. The number of aryl methyl sites for hydroxylation is 1. The predicted octanol–water partition coefficient (Wildman–Crippen LogP) is 5.42. The first-order chi connectivity index (χ1) is 14.4. The molecular formula is C23H19Cl2NO4. The van der Waals surface area contributed by atoms with Crippen LogP contribution in [0.25, 0.3) is 10.8 Å². The fourth-order valence-corrected chi connectivity index (χ4v) is 4.51. The van der Waals surface area contributed by atoms with Crippen molar-refractivity contribution in [2.45, 2.75) is 25.3 Å². The molecule has 0 aromatic heterocycles. The Labute approximate surface area is 183 Å². The highest BCUT2D eigenvalue weighted by atomic mass is 35.5. The molecule has 154 valence electrons. The van der Waals surface area contributed by atoms with Crippen LogP contribution in [0.15, 0.2) is 48.5 Å². The fourth-order valence-electron chi connectivity index (χ4n) is 3.91. The summed E-state index contributed by atoms with van der Waals surface area (Å²) in [6.45, 7) is -0.254. The van der Waals surface area contributed by atoms with E-state index in [1.54, 1.807) is 12.1 Å². The van der Waals surface area contributed by atoms with Crippen molar-refractivity contribution in [3.8, 4) is 5.75 Å². The van der Waals surface area contributed by atoms with Gasteiger partial charge in [-0.05, 0) is 60.0 Å². The molecule has 0 heterocycles. The van der Waals surface area contributed by atoms with E-state index < -0.39 is 5.97 Å². The zero-order chi connectivity index (χ0) is 21.3. The number of rotatable bonds is 5. The molecule has 0 aliphatic heterocycles. The van der Waals surface area contributed by atoms with Gasteiger partial charge in [-0.25, -0.2) is 4.79 Å². The maximum absolute atomic E-state index is 12.6. The van der Waals surface area contributed by atoms with Crippen molar-refractivity contribution in [1.29, 1.82) is 0 Å². The molecule has 1 aliphatic carbocycles. The number of nitrogens with one attached hydrogen (secondary N) is 1. The van der Waals surface area contributed by atoms with E-state index in [0.717, 1.165) is 24.8 Å². The number of halogens is 2. The number of aromatic carboxylic acids is 1. The van der Waals surface area contributed by atoms with Crippen LogP contribution >= 0.6 is 23.2 Å². The lowest BCUT2D eigenvalue weighted by atomic mass is 9.88. The Morgan fingerprint density at radius 2 is 1.93 bits per heavy atom. The molecule has 3 aromatic carbocycles. The number of carbonyl (C=O) groups is 2. The van der Waals surface area contributed by atoms with Crippen molar-refractivity contribution in [2.75, 3.05) is 6.61 Å². The van der Waals surface area contributed by atoms with Crippen LogP contribution in [0.2, 0.25) is 10.0 Å². The Hall–Kier alpha value is -2.76. The van der Waals surface area contributed by atoms with Crippen molar-refractivity contribution < 1.29 is 19.4 Å². The molecule has 7 heteroatoms. The maximum atomic E-state index is 12.6. The van der Waals surface area contributed by atoms with Gasteiger partial charge in [0, 0.05) is 10.4 Å². The molecule has 1 atom stereocenters. The standard InChI is InChI=1S/C23H19Cl2NO4/c24-16-9-14-8-15(23(28)29)10-20(22(14)18(25)11-16)30-12-21(27)26-19-7-3-5-13-4-1-2-6-17(13)19/h1-2,4,6,8-11,19H,3,5,7,12H2,(H,26,27)(H,28,29).